The van der Waals surface area contributed by atoms with Gasteiger partial charge in [-0.15, -0.1) is 0 Å². The first-order valence-corrected chi connectivity index (χ1v) is 10.1. The van der Waals surface area contributed by atoms with Crippen LogP contribution >= 0.6 is 23.2 Å². The van der Waals surface area contributed by atoms with E-state index < -0.39 is 26.4 Å². The summed E-state index contributed by atoms with van der Waals surface area (Å²) in [6.45, 7) is 2.96. The summed E-state index contributed by atoms with van der Waals surface area (Å²) >= 11 is 12.1. The molecule has 0 atom stereocenters. The van der Waals surface area contributed by atoms with Crippen LogP contribution < -0.4 is 10.9 Å². The molecule has 3 rings (SSSR count). The van der Waals surface area contributed by atoms with Crippen LogP contribution in [0.4, 0.5) is 11.6 Å². The lowest BCUT2D eigenvalue weighted by Crippen LogP contribution is -2.15. The number of nitrogens with one attached hydrogen (secondary N) is 2. The van der Waals surface area contributed by atoms with Gasteiger partial charge in [-0.25, -0.2) is 13.4 Å². The smallest absolute Gasteiger partial charge is 0.260 e. The molecule has 1 aromatic heterocycles. The topological polar surface area (TPSA) is 112 Å². The molecule has 0 bridgehead atoms. The Morgan fingerprint density at radius 1 is 1.15 bits per heavy atom. The van der Waals surface area contributed by atoms with Crippen molar-refractivity contribution in [3.63, 3.8) is 0 Å². The zero-order valence-corrected chi connectivity index (χ0v) is 16.6. The number of nitrogens with zero attached hydrogens (tertiary/aromatic N) is 1. The maximum absolute atomic E-state index is 12.5. The summed E-state index contributed by atoms with van der Waals surface area (Å²) < 4.78 is 25.0. The summed E-state index contributed by atoms with van der Waals surface area (Å²) in [6, 6.07) is 7.51. The molecule has 0 unspecified atom stereocenters. The third-order valence-corrected chi connectivity index (χ3v) is 6.88. The number of para-hydroxylation sites is 1. The lowest BCUT2D eigenvalue weighted by Gasteiger charge is -2.15. The second-order valence-electron chi connectivity index (χ2n) is 6.04. The SMILES string of the molecule is CC(C)S(=O)(=O)c1c(Cl)ccc(Nc2nc3c(Cl)cccc3c(=O)[nH]2)c1O. The Labute approximate surface area is 164 Å². The number of phenolic OH excluding ortho intramolecular Hbond substituents is 1. The second kappa shape index (κ2) is 7.03. The number of aromatic nitrogens is 2. The minimum atomic E-state index is -3.84. The van der Waals surface area contributed by atoms with E-state index in [4.69, 9.17) is 23.2 Å². The van der Waals surface area contributed by atoms with E-state index in [2.05, 4.69) is 15.3 Å². The number of hydrogen-bond donors (Lipinski definition) is 3. The predicted molar refractivity (Wildman–Crippen MR) is 106 cm³/mol. The van der Waals surface area contributed by atoms with Crippen molar-refractivity contribution in [1.82, 2.24) is 9.97 Å². The van der Waals surface area contributed by atoms with Crippen LogP contribution in [0.15, 0.2) is 40.0 Å². The highest BCUT2D eigenvalue weighted by molar-refractivity contribution is 7.92. The van der Waals surface area contributed by atoms with Gasteiger partial charge < -0.3 is 10.4 Å². The van der Waals surface area contributed by atoms with Gasteiger partial charge in [0.1, 0.15) is 4.90 Å². The molecule has 0 saturated carbocycles. The van der Waals surface area contributed by atoms with Crippen LogP contribution in [0.2, 0.25) is 10.0 Å². The molecular formula is C17H15Cl2N3O4S. The summed E-state index contributed by atoms with van der Waals surface area (Å²) in [4.78, 5) is 18.6. The number of aromatic hydroxyl groups is 1. The predicted octanol–water partition coefficient (Wildman–Crippen LogP) is 3.86. The number of phenols is 1. The first-order chi connectivity index (χ1) is 12.6. The first kappa shape index (κ1) is 19.5. The number of anilines is 2. The van der Waals surface area contributed by atoms with E-state index in [0.29, 0.717) is 5.39 Å². The van der Waals surface area contributed by atoms with Crippen molar-refractivity contribution in [2.24, 2.45) is 0 Å². The molecular weight excluding hydrogens is 413 g/mol. The van der Waals surface area contributed by atoms with Gasteiger partial charge in [0.25, 0.3) is 5.56 Å². The van der Waals surface area contributed by atoms with Crippen LogP contribution in [0.5, 0.6) is 5.75 Å². The molecule has 3 aromatic rings. The van der Waals surface area contributed by atoms with Crippen LogP contribution in [0.3, 0.4) is 0 Å². The van der Waals surface area contributed by atoms with Crippen molar-refractivity contribution in [3.8, 4) is 5.75 Å². The fourth-order valence-corrected chi connectivity index (χ4v) is 4.35. The maximum atomic E-state index is 12.5. The summed E-state index contributed by atoms with van der Waals surface area (Å²) in [5.74, 6) is -0.566. The van der Waals surface area contributed by atoms with Gasteiger partial charge >= 0.3 is 0 Å². The number of aromatic amines is 1. The summed E-state index contributed by atoms with van der Waals surface area (Å²) in [5, 5.41) is 12.9. The van der Waals surface area contributed by atoms with E-state index in [1.54, 1.807) is 18.2 Å². The summed E-state index contributed by atoms with van der Waals surface area (Å²) in [6.07, 6.45) is 0. The fourth-order valence-electron chi connectivity index (χ4n) is 2.47. The van der Waals surface area contributed by atoms with Gasteiger partial charge in [0.05, 0.1) is 31.9 Å². The summed E-state index contributed by atoms with van der Waals surface area (Å²) in [7, 11) is -3.84. The quantitative estimate of drug-likeness (QED) is 0.544. The van der Waals surface area contributed by atoms with E-state index in [0.717, 1.165) is 0 Å². The van der Waals surface area contributed by atoms with Crippen LogP contribution in [0.25, 0.3) is 10.9 Å². The van der Waals surface area contributed by atoms with Gasteiger partial charge in [-0.1, -0.05) is 29.3 Å². The fraction of sp³-hybridized carbons (Fsp3) is 0.176. The van der Waals surface area contributed by atoms with Crippen molar-refractivity contribution in [2.45, 2.75) is 24.0 Å². The molecule has 27 heavy (non-hydrogen) atoms. The Balaban J connectivity index is 2.14. The van der Waals surface area contributed by atoms with Gasteiger partial charge in [-0.05, 0) is 38.1 Å². The van der Waals surface area contributed by atoms with E-state index in [-0.39, 0.29) is 32.1 Å². The highest BCUT2D eigenvalue weighted by atomic mass is 35.5. The molecule has 1 heterocycles. The normalized spacial score (nSPS) is 11.9. The monoisotopic (exact) mass is 427 g/mol. The minimum absolute atomic E-state index is 0.00822. The molecule has 10 heteroatoms. The zero-order chi connectivity index (χ0) is 19.9. The number of fused-ring (bicyclic) bond motifs is 1. The van der Waals surface area contributed by atoms with Crippen LogP contribution in [0, 0.1) is 0 Å². The minimum Gasteiger partial charge on any atom is -0.504 e. The first-order valence-electron chi connectivity index (χ1n) is 7.84. The van der Waals surface area contributed by atoms with Crippen molar-refractivity contribution < 1.29 is 13.5 Å². The van der Waals surface area contributed by atoms with Gasteiger partial charge in [0, 0.05) is 0 Å². The van der Waals surface area contributed by atoms with E-state index in [1.807, 2.05) is 0 Å². The molecule has 3 N–H and O–H groups in total. The molecule has 7 nitrogen and oxygen atoms in total. The number of halogens is 2. The maximum Gasteiger partial charge on any atom is 0.260 e. The molecule has 0 aliphatic carbocycles. The molecule has 0 fully saturated rings. The molecule has 0 aliphatic heterocycles. The van der Waals surface area contributed by atoms with Gasteiger partial charge in [0.2, 0.25) is 5.95 Å². The van der Waals surface area contributed by atoms with Crippen molar-refractivity contribution in [2.75, 3.05) is 5.32 Å². The molecule has 0 saturated heterocycles. The van der Waals surface area contributed by atoms with Gasteiger partial charge in [-0.2, -0.15) is 0 Å². The molecule has 0 spiro atoms. The Bertz CT molecular complexity index is 1210. The molecule has 0 aliphatic rings. The zero-order valence-electron chi connectivity index (χ0n) is 14.2. The summed E-state index contributed by atoms with van der Waals surface area (Å²) in [5.41, 5.74) is -0.143. The molecule has 142 valence electrons. The standard InChI is InChI=1S/C17H15Cl2N3O4S/c1-8(2)27(25,26)15-11(19)6-7-12(14(15)23)20-17-21-13-9(16(24)22-17)4-3-5-10(13)18/h3-8,23H,1-2H3,(H2,20,21,22,24). The van der Waals surface area contributed by atoms with Crippen LogP contribution in [-0.2, 0) is 9.84 Å². The van der Waals surface area contributed by atoms with E-state index in [9.17, 15) is 18.3 Å². The Morgan fingerprint density at radius 3 is 2.52 bits per heavy atom. The molecule has 0 amide bonds. The average Bonchev–Trinajstić information content (AvgIpc) is 2.58. The van der Waals surface area contributed by atoms with Gasteiger partial charge in [-0.3, -0.25) is 9.78 Å². The van der Waals surface area contributed by atoms with E-state index in [1.165, 1.54) is 26.0 Å². The highest BCUT2D eigenvalue weighted by Gasteiger charge is 2.28. The molecule has 2 aromatic carbocycles. The van der Waals surface area contributed by atoms with Crippen molar-refractivity contribution in [1.29, 1.82) is 0 Å². The van der Waals surface area contributed by atoms with Crippen LogP contribution in [-0.4, -0.2) is 28.7 Å². The molecule has 0 radical (unpaired) electrons. The number of hydrogen-bond acceptors (Lipinski definition) is 6. The second-order valence-corrected chi connectivity index (χ2v) is 9.30. The van der Waals surface area contributed by atoms with Crippen molar-refractivity contribution in [3.05, 3.63) is 50.7 Å². The average molecular weight is 428 g/mol. The third-order valence-electron chi connectivity index (χ3n) is 3.93. The van der Waals surface area contributed by atoms with Gasteiger partial charge in [0.15, 0.2) is 15.6 Å². The lowest BCUT2D eigenvalue weighted by molar-refractivity contribution is 0.461. The Morgan fingerprint density at radius 2 is 1.85 bits per heavy atom. The Kier molecular flexibility index (Phi) is 5.07. The van der Waals surface area contributed by atoms with E-state index >= 15 is 0 Å². The largest absolute Gasteiger partial charge is 0.504 e. The number of rotatable bonds is 4. The number of sulfone groups is 1. The third kappa shape index (κ3) is 3.47. The number of H-pyrrole nitrogens is 1. The van der Waals surface area contributed by atoms with Crippen LogP contribution in [0.1, 0.15) is 13.8 Å². The number of benzene rings is 2. The highest BCUT2D eigenvalue weighted by Crippen LogP contribution is 2.39. The van der Waals surface area contributed by atoms with Crippen molar-refractivity contribution >= 4 is 55.6 Å². The Hall–Kier alpha value is -2.29. The lowest BCUT2D eigenvalue weighted by atomic mass is 10.2.